The molecule has 0 atom stereocenters. The van der Waals surface area contributed by atoms with Crippen LogP contribution in [0.15, 0.2) is 12.1 Å². The fraction of sp³-hybridized carbons (Fsp3) is 0.654. The summed E-state index contributed by atoms with van der Waals surface area (Å²) in [5.74, 6) is -0.568. The molecule has 0 saturated heterocycles. The van der Waals surface area contributed by atoms with Crippen molar-refractivity contribution >= 4 is 5.91 Å². The number of carbonyl (C=O) groups is 1. The third-order valence-electron chi connectivity index (χ3n) is 7.25. The van der Waals surface area contributed by atoms with Crippen molar-refractivity contribution in [2.45, 2.75) is 91.7 Å². The van der Waals surface area contributed by atoms with Crippen LogP contribution in [0.2, 0.25) is 0 Å². The molecule has 0 unspecified atom stereocenters. The van der Waals surface area contributed by atoms with E-state index in [1.807, 2.05) is 0 Å². The third kappa shape index (κ3) is 6.62. The molecule has 2 N–H and O–H groups in total. The van der Waals surface area contributed by atoms with Crippen LogP contribution in [0.3, 0.4) is 0 Å². The van der Waals surface area contributed by atoms with Crippen LogP contribution in [-0.2, 0) is 13.0 Å². The molecule has 2 heterocycles. The molecular weight excluding hydrogens is 511 g/mol. The quantitative estimate of drug-likeness (QED) is 0.396. The predicted molar refractivity (Wildman–Crippen MR) is 131 cm³/mol. The maximum atomic E-state index is 13.4. The number of nitrogens with zero attached hydrogens (tertiary/aromatic N) is 3. The van der Waals surface area contributed by atoms with Gasteiger partial charge in [-0.25, -0.2) is 4.98 Å². The molecule has 0 aliphatic heterocycles. The summed E-state index contributed by atoms with van der Waals surface area (Å²) in [7, 11) is 0. The molecule has 0 bridgehead atoms. The Balaban J connectivity index is 1.93. The summed E-state index contributed by atoms with van der Waals surface area (Å²) >= 11 is 0. The first kappa shape index (κ1) is 29.8. The average molecular weight is 547 g/mol. The molecule has 1 aliphatic carbocycles. The van der Waals surface area contributed by atoms with Gasteiger partial charge in [0, 0.05) is 30.8 Å². The first-order valence-corrected chi connectivity index (χ1v) is 12.7. The van der Waals surface area contributed by atoms with Gasteiger partial charge in [-0.15, -0.1) is 0 Å². The summed E-state index contributed by atoms with van der Waals surface area (Å²) in [5.41, 5.74) is -2.46. The van der Waals surface area contributed by atoms with Gasteiger partial charge in [0.1, 0.15) is 0 Å². The lowest BCUT2D eigenvalue weighted by atomic mass is 9.79. The first-order valence-electron chi connectivity index (χ1n) is 12.7. The summed E-state index contributed by atoms with van der Waals surface area (Å²) in [6.07, 6.45) is -2.22. The van der Waals surface area contributed by atoms with E-state index in [-0.39, 0.29) is 35.7 Å². The number of aryl methyl sites for hydroxylation is 1. The predicted octanol–water partition coefficient (Wildman–Crippen LogP) is 5.68. The smallest absolute Gasteiger partial charge is 0.394 e. The SMILES string of the molecule is CCn1nc(C(=O)NCC2(O)CCC(C)CC2)c(C)c1-c1ccc(CC(C)(C)C(F)(F)F)nc1OC(F)F. The van der Waals surface area contributed by atoms with Crippen molar-refractivity contribution in [2.75, 3.05) is 6.54 Å². The highest BCUT2D eigenvalue weighted by molar-refractivity contribution is 5.95. The molecule has 0 spiro atoms. The molecular formula is C26H35F5N4O3. The van der Waals surface area contributed by atoms with Crippen molar-refractivity contribution in [1.82, 2.24) is 20.1 Å². The van der Waals surface area contributed by atoms with E-state index in [2.05, 4.69) is 27.1 Å². The molecule has 212 valence electrons. The fourth-order valence-corrected chi connectivity index (χ4v) is 4.63. The monoisotopic (exact) mass is 546 g/mol. The summed E-state index contributed by atoms with van der Waals surface area (Å²) in [6, 6.07) is 2.68. The number of halogens is 5. The number of aromatic nitrogens is 3. The zero-order valence-corrected chi connectivity index (χ0v) is 22.3. The van der Waals surface area contributed by atoms with Crippen molar-refractivity contribution in [3.05, 3.63) is 29.1 Å². The van der Waals surface area contributed by atoms with E-state index < -0.39 is 42.0 Å². The van der Waals surface area contributed by atoms with E-state index in [0.29, 0.717) is 24.3 Å². The molecule has 7 nitrogen and oxygen atoms in total. The van der Waals surface area contributed by atoms with Gasteiger partial charge < -0.3 is 15.2 Å². The highest BCUT2D eigenvalue weighted by Crippen LogP contribution is 2.41. The number of amides is 1. The Hall–Kier alpha value is -2.76. The second-order valence-electron chi connectivity index (χ2n) is 10.8. The minimum atomic E-state index is -4.53. The van der Waals surface area contributed by atoms with E-state index in [9.17, 15) is 31.9 Å². The number of nitrogens with one attached hydrogen (secondary N) is 1. The van der Waals surface area contributed by atoms with Gasteiger partial charge in [-0.3, -0.25) is 9.48 Å². The maximum absolute atomic E-state index is 13.4. The fourth-order valence-electron chi connectivity index (χ4n) is 4.63. The molecule has 1 saturated carbocycles. The summed E-state index contributed by atoms with van der Waals surface area (Å²) in [5, 5.41) is 17.9. The molecule has 2 aromatic rings. The zero-order chi connectivity index (χ0) is 28.5. The Morgan fingerprint density at radius 1 is 1.26 bits per heavy atom. The van der Waals surface area contributed by atoms with Crippen molar-refractivity contribution in [3.63, 3.8) is 0 Å². The average Bonchev–Trinajstić information content (AvgIpc) is 3.15. The number of ether oxygens (including phenoxy) is 1. The molecule has 1 fully saturated rings. The molecule has 3 rings (SSSR count). The second kappa shape index (κ2) is 11.2. The zero-order valence-electron chi connectivity index (χ0n) is 22.3. The Morgan fingerprint density at radius 3 is 2.45 bits per heavy atom. The van der Waals surface area contributed by atoms with E-state index in [0.717, 1.165) is 26.7 Å². The lowest BCUT2D eigenvalue weighted by molar-refractivity contribution is -0.211. The molecule has 12 heteroatoms. The summed E-state index contributed by atoms with van der Waals surface area (Å²) in [6.45, 7) is 4.50. The van der Waals surface area contributed by atoms with Gasteiger partial charge >= 0.3 is 12.8 Å². The van der Waals surface area contributed by atoms with Crippen LogP contribution in [0, 0.1) is 18.3 Å². The number of carbonyl (C=O) groups excluding carboxylic acids is 1. The van der Waals surface area contributed by atoms with Gasteiger partial charge in [-0.2, -0.15) is 27.1 Å². The Bertz CT molecular complexity index is 1140. The van der Waals surface area contributed by atoms with Crippen LogP contribution in [-0.4, -0.2) is 50.7 Å². The van der Waals surface area contributed by atoms with Crippen LogP contribution in [0.5, 0.6) is 5.88 Å². The van der Waals surface area contributed by atoms with Gasteiger partial charge in [0.05, 0.1) is 22.3 Å². The molecule has 1 amide bonds. The highest BCUT2D eigenvalue weighted by Gasteiger charge is 2.47. The Morgan fingerprint density at radius 2 is 1.89 bits per heavy atom. The van der Waals surface area contributed by atoms with Crippen molar-refractivity contribution in [2.24, 2.45) is 11.3 Å². The lowest BCUT2D eigenvalue weighted by Crippen LogP contribution is -2.45. The number of alkyl halides is 5. The standard InChI is InChI=1S/C26H35F5N4O3/c1-6-35-20(16(3)19(34-35)21(36)32-14-25(37)11-9-15(2)10-12-25)18-8-7-17(33-22(18)38-23(27)28)13-24(4,5)26(29,30)31/h7-8,15,23,37H,6,9-14H2,1-5H3,(H,32,36). The summed E-state index contributed by atoms with van der Waals surface area (Å²) < 4.78 is 72.7. The van der Waals surface area contributed by atoms with Crippen molar-refractivity contribution in [3.8, 4) is 17.1 Å². The number of pyridine rings is 1. The Labute approximate surface area is 218 Å². The number of hydrogen-bond acceptors (Lipinski definition) is 5. The topological polar surface area (TPSA) is 89.3 Å². The minimum absolute atomic E-state index is 0.0416. The van der Waals surface area contributed by atoms with Gasteiger partial charge in [-0.05, 0) is 57.6 Å². The van der Waals surface area contributed by atoms with Crippen molar-refractivity contribution in [1.29, 1.82) is 0 Å². The van der Waals surface area contributed by atoms with E-state index >= 15 is 0 Å². The molecule has 0 aromatic carbocycles. The van der Waals surface area contributed by atoms with Crippen LogP contribution in [0.1, 0.15) is 75.1 Å². The minimum Gasteiger partial charge on any atom is -0.416 e. The van der Waals surface area contributed by atoms with Gasteiger partial charge in [0.15, 0.2) is 5.69 Å². The van der Waals surface area contributed by atoms with E-state index in [1.165, 1.54) is 16.8 Å². The molecule has 38 heavy (non-hydrogen) atoms. The van der Waals surface area contributed by atoms with Crippen molar-refractivity contribution < 1.29 is 36.6 Å². The van der Waals surface area contributed by atoms with E-state index in [1.54, 1.807) is 13.8 Å². The number of aliphatic hydroxyl groups is 1. The van der Waals surface area contributed by atoms with Crippen LogP contribution >= 0.6 is 0 Å². The highest BCUT2D eigenvalue weighted by atomic mass is 19.4. The molecule has 1 aliphatic rings. The van der Waals surface area contributed by atoms with Crippen LogP contribution < -0.4 is 10.1 Å². The number of hydrogen-bond donors (Lipinski definition) is 2. The van der Waals surface area contributed by atoms with Crippen LogP contribution in [0.25, 0.3) is 11.3 Å². The van der Waals surface area contributed by atoms with Gasteiger partial charge in [0.25, 0.3) is 5.91 Å². The molecule has 0 radical (unpaired) electrons. The lowest BCUT2D eigenvalue weighted by Gasteiger charge is -2.34. The second-order valence-corrected chi connectivity index (χ2v) is 10.8. The Kier molecular flexibility index (Phi) is 8.74. The van der Waals surface area contributed by atoms with E-state index in [4.69, 9.17) is 0 Å². The molecule has 2 aromatic heterocycles. The first-order chi connectivity index (χ1) is 17.6. The number of rotatable bonds is 9. The van der Waals surface area contributed by atoms with Gasteiger partial charge in [0.2, 0.25) is 5.88 Å². The summed E-state index contributed by atoms with van der Waals surface area (Å²) in [4.78, 5) is 17.0. The third-order valence-corrected chi connectivity index (χ3v) is 7.25. The van der Waals surface area contributed by atoms with Gasteiger partial charge in [-0.1, -0.05) is 20.8 Å². The maximum Gasteiger partial charge on any atom is 0.394 e. The largest absolute Gasteiger partial charge is 0.416 e. The van der Waals surface area contributed by atoms with Crippen LogP contribution in [0.4, 0.5) is 22.0 Å². The normalized spacial score (nSPS) is 20.6.